The van der Waals surface area contributed by atoms with Crippen molar-refractivity contribution in [2.45, 2.75) is 25.9 Å². The molecule has 37 heavy (non-hydrogen) atoms. The fourth-order valence-electron chi connectivity index (χ4n) is 4.83. The molecule has 1 aliphatic rings. The van der Waals surface area contributed by atoms with Gasteiger partial charge in [0.05, 0.1) is 24.2 Å². The van der Waals surface area contributed by atoms with Crippen molar-refractivity contribution in [2.75, 3.05) is 18.6 Å². The first kappa shape index (κ1) is 24.8. The number of hydrogen-bond donors (Lipinski definition) is 0. The predicted molar refractivity (Wildman–Crippen MR) is 148 cm³/mol. The van der Waals surface area contributed by atoms with Crippen LogP contribution in [0.5, 0.6) is 5.75 Å². The number of halogens is 1. The third kappa shape index (κ3) is 4.67. The fraction of sp³-hybridized carbons (Fsp3) is 0.200. The van der Waals surface area contributed by atoms with Crippen molar-refractivity contribution in [1.29, 1.82) is 0 Å². The molecule has 5 rings (SSSR count). The van der Waals surface area contributed by atoms with Crippen LogP contribution in [0.25, 0.3) is 5.69 Å². The van der Waals surface area contributed by atoms with E-state index in [1.54, 1.807) is 24.1 Å². The number of anilines is 1. The Hall–Kier alpha value is -3.84. The Morgan fingerprint density at radius 1 is 0.919 bits per heavy atom. The van der Waals surface area contributed by atoms with Gasteiger partial charge in [0, 0.05) is 22.3 Å². The second-order valence-electron chi connectivity index (χ2n) is 9.26. The van der Waals surface area contributed by atoms with Crippen molar-refractivity contribution < 1.29 is 14.3 Å². The number of ether oxygens (including phenoxy) is 1. The Kier molecular flexibility index (Phi) is 6.89. The molecule has 1 aromatic heterocycles. The minimum atomic E-state index is -0.361. The smallest absolute Gasteiger partial charge is 0.254 e. The molecule has 4 aromatic rings. The van der Waals surface area contributed by atoms with Gasteiger partial charge in [-0.15, -0.1) is 0 Å². The zero-order valence-electron chi connectivity index (χ0n) is 21.0. The van der Waals surface area contributed by atoms with E-state index in [-0.39, 0.29) is 30.4 Å². The molecule has 3 aromatic carbocycles. The van der Waals surface area contributed by atoms with Crippen LogP contribution in [0.15, 0.2) is 95.6 Å². The van der Waals surface area contributed by atoms with E-state index >= 15 is 0 Å². The van der Waals surface area contributed by atoms with Gasteiger partial charge in [-0.2, -0.15) is 0 Å². The Bertz CT molecular complexity index is 1430. The molecule has 0 aliphatic carbocycles. The van der Waals surface area contributed by atoms with Gasteiger partial charge >= 0.3 is 0 Å². The molecule has 0 bridgehead atoms. The Morgan fingerprint density at radius 3 is 2.24 bits per heavy atom. The first-order chi connectivity index (χ1) is 17.9. The number of nitrogens with zero attached hydrogens (tertiary/aromatic N) is 3. The number of methoxy groups -OCH3 is 1. The van der Waals surface area contributed by atoms with Gasteiger partial charge in [-0.05, 0) is 80.1 Å². The Morgan fingerprint density at radius 2 is 1.59 bits per heavy atom. The minimum absolute atomic E-state index is 0.0474. The summed E-state index contributed by atoms with van der Waals surface area (Å²) in [5.41, 5.74) is 4.21. The van der Waals surface area contributed by atoms with Crippen molar-refractivity contribution in [3.63, 3.8) is 0 Å². The summed E-state index contributed by atoms with van der Waals surface area (Å²) in [5, 5.41) is 0. The average molecular weight is 558 g/mol. The lowest BCUT2D eigenvalue weighted by Gasteiger charge is -2.40. The Balaban J connectivity index is 1.56. The van der Waals surface area contributed by atoms with Gasteiger partial charge in [-0.1, -0.05) is 40.2 Å². The second kappa shape index (κ2) is 10.3. The molecule has 188 valence electrons. The van der Waals surface area contributed by atoms with E-state index < -0.39 is 0 Å². The van der Waals surface area contributed by atoms with Gasteiger partial charge in [0.25, 0.3) is 5.91 Å². The van der Waals surface area contributed by atoms with Crippen LogP contribution >= 0.6 is 15.9 Å². The van der Waals surface area contributed by atoms with Crippen molar-refractivity contribution in [3.8, 4) is 11.4 Å². The molecular weight excluding hydrogens is 530 g/mol. The third-order valence-corrected chi connectivity index (χ3v) is 7.23. The lowest BCUT2D eigenvalue weighted by molar-refractivity contribution is -0.120. The quantitative estimate of drug-likeness (QED) is 0.282. The number of para-hydroxylation sites is 2. The lowest BCUT2D eigenvalue weighted by atomic mass is 9.97. The van der Waals surface area contributed by atoms with E-state index in [0.29, 0.717) is 5.56 Å². The van der Waals surface area contributed by atoms with Crippen LogP contribution in [0, 0.1) is 0 Å². The number of carbonyl (C=O) groups excluding carboxylic acids is 2. The lowest BCUT2D eigenvalue weighted by Crippen LogP contribution is -2.48. The number of rotatable bonds is 6. The molecule has 1 aliphatic heterocycles. The summed E-state index contributed by atoms with van der Waals surface area (Å²) in [7, 11) is 1.63. The molecular formula is C30H28BrN3O3. The maximum atomic E-state index is 14.2. The number of benzene rings is 3. The van der Waals surface area contributed by atoms with Crippen LogP contribution in [-0.2, 0) is 4.79 Å². The summed E-state index contributed by atoms with van der Waals surface area (Å²) in [6.45, 7) is 3.81. The van der Waals surface area contributed by atoms with Crippen molar-refractivity contribution in [2.24, 2.45) is 0 Å². The zero-order chi connectivity index (χ0) is 26.1. The molecule has 0 saturated heterocycles. The fourth-order valence-corrected chi connectivity index (χ4v) is 5.10. The standard InChI is InChI=1S/C30H28BrN3O3/c1-20(2)33(30(36)22-10-14-23(31)15-11-22)19-28(35)34-26-8-5-4-7-25(26)32-18-6-9-27(32)29(34)21-12-16-24(37-3)17-13-21/h4-18,20,29H,19H2,1-3H3. The first-order valence-electron chi connectivity index (χ1n) is 12.2. The van der Waals surface area contributed by atoms with Crippen LogP contribution in [0.3, 0.4) is 0 Å². The maximum Gasteiger partial charge on any atom is 0.254 e. The Labute approximate surface area is 225 Å². The number of aromatic nitrogens is 1. The highest BCUT2D eigenvalue weighted by Crippen LogP contribution is 2.42. The van der Waals surface area contributed by atoms with Gasteiger partial charge < -0.3 is 14.2 Å². The van der Waals surface area contributed by atoms with E-state index in [0.717, 1.165) is 32.9 Å². The topological polar surface area (TPSA) is 54.8 Å². The molecule has 0 fully saturated rings. The van der Waals surface area contributed by atoms with Gasteiger partial charge in [0.2, 0.25) is 5.91 Å². The molecule has 1 atom stereocenters. The molecule has 6 nitrogen and oxygen atoms in total. The van der Waals surface area contributed by atoms with Gasteiger partial charge in [0.1, 0.15) is 18.3 Å². The summed E-state index contributed by atoms with van der Waals surface area (Å²) in [4.78, 5) is 31.1. The van der Waals surface area contributed by atoms with E-state index in [9.17, 15) is 9.59 Å². The molecule has 2 heterocycles. The van der Waals surface area contributed by atoms with E-state index in [1.807, 2.05) is 97.7 Å². The SMILES string of the molecule is COc1ccc(C2c3cccn3-c3ccccc3N2C(=O)CN(C(=O)c2ccc(Br)cc2)C(C)C)cc1. The number of fused-ring (bicyclic) bond motifs is 3. The van der Waals surface area contributed by atoms with Crippen LogP contribution in [-0.4, -0.2) is 41.0 Å². The van der Waals surface area contributed by atoms with E-state index in [4.69, 9.17) is 4.74 Å². The highest BCUT2D eigenvalue weighted by molar-refractivity contribution is 9.10. The molecule has 0 N–H and O–H groups in total. The summed E-state index contributed by atoms with van der Waals surface area (Å²) in [5.74, 6) is 0.421. The van der Waals surface area contributed by atoms with Crippen LogP contribution < -0.4 is 9.64 Å². The maximum absolute atomic E-state index is 14.2. The summed E-state index contributed by atoms with van der Waals surface area (Å²) in [6, 6.07) is 26.4. The van der Waals surface area contributed by atoms with Crippen LogP contribution in [0.1, 0.15) is 41.5 Å². The molecule has 0 radical (unpaired) electrons. The molecule has 2 amide bonds. The van der Waals surface area contributed by atoms with Crippen molar-refractivity contribution in [3.05, 3.63) is 112 Å². The number of amides is 2. The highest BCUT2D eigenvalue weighted by atomic mass is 79.9. The van der Waals surface area contributed by atoms with E-state index in [2.05, 4.69) is 20.5 Å². The van der Waals surface area contributed by atoms with Gasteiger partial charge in [-0.3, -0.25) is 14.5 Å². The number of hydrogen-bond acceptors (Lipinski definition) is 3. The monoisotopic (exact) mass is 557 g/mol. The van der Waals surface area contributed by atoms with E-state index in [1.165, 1.54) is 0 Å². The summed E-state index contributed by atoms with van der Waals surface area (Å²) in [6.07, 6.45) is 2.02. The third-order valence-electron chi connectivity index (χ3n) is 6.70. The molecule has 0 saturated carbocycles. The first-order valence-corrected chi connectivity index (χ1v) is 13.0. The second-order valence-corrected chi connectivity index (χ2v) is 10.2. The predicted octanol–water partition coefficient (Wildman–Crippen LogP) is 6.24. The van der Waals surface area contributed by atoms with Crippen LogP contribution in [0.2, 0.25) is 0 Å². The van der Waals surface area contributed by atoms with Crippen LogP contribution in [0.4, 0.5) is 5.69 Å². The van der Waals surface area contributed by atoms with Gasteiger partial charge in [0.15, 0.2) is 0 Å². The van der Waals surface area contributed by atoms with Gasteiger partial charge in [-0.25, -0.2) is 0 Å². The number of carbonyl (C=O) groups is 2. The highest BCUT2D eigenvalue weighted by Gasteiger charge is 2.37. The molecule has 0 spiro atoms. The zero-order valence-corrected chi connectivity index (χ0v) is 22.6. The van der Waals surface area contributed by atoms with Crippen molar-refractivity contribution in [1.82, 2.24) is 9.47 Å². The minimum Gasteiger partial charge on any atom is -0.497 e. The summed E-state index contributed by atoms with van der Waals surface area (Å²) >= 11 is 3.42. The summed E-state index contributed by atoms with van der Waals surface area (Å²) < 4.78 is 8.38. The largest absolute Gasteiger partial charge is 0.497 e. The average Bonchev–Trinajstić information content (AvgIpc) is 3.41. The molecule has 7 heteroatoms. The van der Waals surface area contributed by atoms with Crippen molar-refractivity contribution >= 4 is 33.4 Å². The molecule has 1 unspecified atom stereocenters. The normalized spacial score (nSPS) is 14.2.